The summed E-state index contributed by atoms with van der Waals surface area (Å²) in [6.07, 6.45) is 0.0283. The normalized spacial score (nSPS) is 23.3. The maximum absolute atomic E-state index is 12.7. The van der Waals surface area contributed by atoms with Crippen molar-refractivity contribution >= 4 is 23.6 Å². The van der Waals surface area contributed by atoms with E-state index in [4.69, 9.17) is 9.47 Å². The van der Waals surface area contributed by atoms with Gasteiger partial charge in [0.2, 0.25) is 0 Å². The molecule has 1 heterocycles. The highest BCUT2D eigenvalue weighted by atomic mass is 16.6. The first-order chi connectivity index (χ1) is 13.2. The minimum absolute atomic E-state index is 0.354. The van der Waals surface area contributed by atoms with Crippen LogP contribution in [0.4, 0.5) is 4.79 Å². The van der Waals surface area contributed by atoms with Crippen LogP contribution in [0.1, 0.15) is 48.0 Å². The lowest BCUT2D eigenvalue weighted by molar-refractivity contribution is -0.161. The average Bonchev–Trinajstić information content (AvgIpc) is 3.00. The van der Waals surface area contributed by atoms with Crippen molar-refractivity contribution in [3.05, 3.63) is 12.7 Å². The topological polar surface area (TPSA) is 99.2 Å². The predicted molar refractivity (Wildman–Crippen MR) is 106 cm³/mol. The molecule has 1 saturated heterocycles. The molecule has 0 aromatic rings. The molecule has 4 atom stereocenters. The molecule has 1 fully saturated rings. The van der Waals surface area contributed by atoms with Crippen molar-refractivity contribution in [3.63, 3.8) is 0 Å². The predicted octanol–water partition coefficient (Wildman–Crippen LogP) is 2.74. The van der Waals surface area contributed by atoms with Crippen molar-refractivity contribution in [1.82, 2.24) is 4.90 Å². The molecule has 0 aromatic heterocycles. The van der Waals surface area contributed by atoms with Crippen molar-refractivity contribution in [3.8, 4) is 0 Å². The fourth-order valence-corrected chi connectivity index (χ4v) is 4.08. The van der Waals surface area contributed by atoms with E-state index < -0.39 is 58.8 Å². The van der Waals surface area contributed by atoms with Gasteiger partial charge in [-0.15, -0.1) is 6.58 Å². The zero-order chi connectivity index (χ0) is 22.7. The van der Waals surface area contributed by atoms with Crippen LogP contribution in [0.15, 0.2) is 12.7 Å². The second kappa shape index (κ2) is 9.07. The Morgan fingerprint density at radius 3 is 2.03 bits per heavy atom. The Morgan fingerprint density at radius 1 is 1.10 bits per heavy atom. The summed E-state index contributed by atoms with van der Waals surface area (Å²) < 4.78 is 15.8. The Balaban J connectivity index is 3.54. The lowest BCUT2D eigenvalue weighted by atomic mass is 9.68. The summed E-state index contributed by atoms with van der Waals surface area (Å²) in [5.74, 6) is -3.79. The number of Topliss-reactive ketones (excluding diaryl/α,β-unsaturated/α-hetero) is 2. The summed E-state index contributed by atoms with van der Waals surface area (Å²) in [5.41, 5.74) is -1.59. The van der Waals surface area contributed by atoms with E-state index in [1.807, 2.05) is 20.8 Å². The highest BCUT2D eigenvalue weighted by Crippen LogP contribution is 2.46. The van der Waals surface area contributed by atoms with E-state index in [0.29, 0.717) is 6.42 Å². The average molecular weight is 411 g/mol. The van der Waals surface area contributed by atoms with Crippen molar-refractivity contribution in [1.29, 1.82) is 0 Å². The van der Waals surface area contributed by atoms with Gasteiger partial charge in [-0.25, -0.2) is 9.59 Å². The maximum Gasteiger partial charge on any atom is 0.411 e. The maximum atomic E-state index is 12.7. The van der Waals surface area contributed by atoms with Gasteiger partial charge in [0.25, 0.3) is 5.78 Å². The van der Waals surface area contributed by atoms with Gasteiger partial charge in [-0.2, -0.15) is 0 Å². The fourth-order valence-electron chi connectivity index (χ4n) is 4.08. The number of esters is 1. The summed E-state index contributed by atoms with van der Waals surface area (Å²) in [6.45, 7) is 14.1. The lowest BCUT2D eigenvalue weighted by Crippen LogP contribution is -2.52. The van der Waals surface area contributed by atoms with E-state index in [-0.39, 0.29) is 0 Å². The molecule has 1 unspecified atom stereocenters. The minimum atomic E-state index is -1.29. The SMILES string of the molecule is C=CC[C@@H]1[C@@H](C(C)(C)C(C(C)=O)C(=O)C(=O)OC)O[C@H](C(C)(C)C)N1C(=O)OC. The Kier molecular flexibility index (Phi) is 7.76. The molecule has 0 saturated carbocycles. The van der Waals surface area contributed by atoms with Crippen LogP contribution in [0.25, 0.3) is 0 Å². The second-order valence-corrected chi connectivity index (χ2v) is 8.96. The van der Waals surface area contributed by atoms with E-state index >= 15 is 0 Å². The van der Waals surface area contributed by atoms with E-state index in [1.165, 1.54) is 18.9 Å². The van der Waals surface area contributed by atoms with Gasteiger partial charge in [0.05, 0.1) is 32.3 Å². The first-order valence-electron chi connectivity index (χ1n) is 9.50. The van der Waals surface area contributed by atoms with Crippen molar-refractivity contribution in [2.75, 3.05) is 14.2 Å². The lowest BCUT2D eigenvalue weighted by Gasteiger charge is -2.38. The molecular formula is C21H33NO7. The van der Waals surface area contributed by atoms with Crippen LogP contribution in [0.3, 0.4) is 0 Å². The molecular weight excluding hydrogens is 378 g/mol. The molecule has 8 heteroatoms. The third-order valence-electron chi connectivity index (χ3n) is 5.30. The van der Waals surface area contributed by atoms with Crippen molar-refractivity contribution < 1.29 is 33.4 Å². The van der Waals surface area contributed by atoms with Crippen molar-refractivity contribution in [2.24, 2.45) is 16.7 Å². The van der Waals surface area contributed by atoms with Crippen LogP contribution >= 0.6 is 0 Å². The molecule has 1 amide bonds. The molecule has 0 aliphatic carbocycles. The van der Waals surface area contributed by atoms with E-state index in [2.05, 4.69) is 11.3 Å². The molecule has 0 spiro atoms. The van der Waals surface area contributed by atoms with Gasteiger partial charge in [0.1, 0.15) is 12.0 Å². The van der Waals surface area contributed by atoms with Crippen LogP contribution in [0.2, 0.25) is 0 Å². The van der Waals surface area contributed by atoms with E-state index in [9.17, 15) is 19.2 Å². The van der Waals surface area contributed by atoms with Gasteiger partial charge < -0.3 is 14.2 Å². The highest BCUT2D eigenvalue weighted by molar-refractivity contribution is 6.38. The third-order valence-corrected chi connectivity index (χ3v) is 5.30. The van der Waals surface area contributed by atoms with Crippen LogP contribution in [0.5, 0.6) is 0 Å². The van der Waals surface area contributed by atoms with Crippen LogP contribution < -0.4 is 0 Å². The number of hydrogen-bond acceptors (Lipinski definition) is 7. The molecule has 29 heavy (non-hydrogen) atoms. The largest absolute Gasteiger partial charge is 0.463 e. The number of ether oxygens (including phenoxy) is 3. The van der Waals surface area contributed by atoms with Gasteiger partial charge in [0, 0.05) is 10.8 Å². The van der Waals surface area contributed by atoms with Gasteiger partial charge >= 0.3 is 12.1 Å². The summed E-state index contributed by atoms with van der Waals surface area (Å²) >= 11 is 0. The number of nitrogens with zero attached hydrogens (tertiary/aromatic N) is 1. The third kappa shape index (κ3) is 4.86. The zero-order valence-corrected chi connectivity index (χ0v) is 18.6. The first kappa shape index (κ1) is 24.8. The Labute approximate surface area is 172 Å². The number of amides is 1. The minimum Gasteiger partial charge on any atom is -0.463 e. The molecule has 0 N–H and O–H groups in total. The summed E-state index contributed by atoms with van der Waals surface area (Å²) in [4.78, 5) is 51.1. The number of carbonyl (C=O) groups is 4. The molecule has 1 rings (SSSR count). The molecule has 1 aliphatic heterocycles. The number of rotatable bonds is 7. The van der Waals surface area contributed by atoms with Gasteiger partial charge in [-0.3, -0.25) is 14.5 Å². The first-order valence-corrected chi connectivity index (χ1v) is 9.50. The zero-order valence-electron chi connectivity index (χ0n) is 18.6. The van der Waals surface area contributed by atoms with Crippen LogP contribution in [0, 0.1) is 16.7 Å². The van der Waals surface area contributed by atoms with E-state index in [0.717, 1.165) is 7.11 Å². The summed E-state index contributed by atoms with van der Waals surface area (Å²) in [7, 11) is 2.37. The number of ketones is 2. The molecule has 8 nitrogen and oxygen atoms in total. The summed E-state index contributed by atoms with van der Waals surface area (Å²) in [5, 5.41) is 0. The quantitative estimate of drug-likeness (QED) is 0.275. The number of hydrogen-bond donors (Lipinski definition) is 0. The molecule has 0 aromatic carbocycles. The summed E-state index contributed by atoms with van der Waals surface area (Å²) in [6, 6.07) is -0.536. The second-order valence-electron chi connectivity index (χ2n) is 8.96. The smallest absolute Gasteiger partial charge is 0.411 e. The monoisotopic (exact) mass is 411 g/mol. The molecule has 0 radical (unpaired) electrons. The standard InChI is InChI=1S/C21H33NO7/c1-10-11-13-16(29-18(20(3,4)5)22(13)19(26)28-9)21(6,7)14(12(2)23)15(24)17(25)27-8/h10,13-14,16,18H,1,11H2,2-9H3/t13-,14?,16+,18-/m1/s1. The van der Waals surface area contributed by atoms with Crippen molar-refractivity contribution in [2.45, 2.75) is 66.3 Å². The number of methoxy groups -OCH3 is 2. The van der Waals surface area contributed by atoms with Crippen LogP contribution in [-0.2, 0) is 28.6 Å². The Morgan fingerprint density at radius 2 is 1.66 bits per heavy atom. The fraction of sp³-hybridized carbons (Fsp3) is 0.714. The number of carbonyl (C=O) groups excluding carboxylic acids is 4. The molecule has 1 aliphatic rings. The molecule has 0 bridgehead atoms. The van der Waals surface area contributed by atoms with Crippen LogP contribution in [-0.4, -0.2) is 61.1 Å². The molecule has 164 valence electrons. The van der Waals surface area contributed by atoms with Gasteiger partial charge in [0.15, 0.2) is 0 Å². The van der Waals surface area contributed by atoms with Gasteiger partial charge in [-0.1, -0.05) is 40.7 Å². The highest BCUT2D eigenvalue weighted by Gasteiger charge is 2.58. The Hall–Kier alpha value is -2.22. The van der Waals surface area contributed by atoms with E-state index in [1.54, 1.807) is 19.9 Å². The van der Waals surface area contributed by atoms with Gasteiger partial charge in [-0.05, 0) is 13.3 Å². The Bertz CT molecular complexity index is 677.